The van der Waals surface area contributed by atoms with Crippen molar-refractivity contribution in [1.29, 1.82) is 0 Å². The van der Waals surface area contributed by atoms with Gasteiger partial charge in [0, 0.05) is 43.9 Å². The van der Waals surface area contributed by atoms with Gasteiger partial charge in [0.25, 0.3) is 5.91 Å². The molecular formula is C26H30N4O2. The number of nitrogens with one attached hydrogen (secondary N) is 1. The zero-order valence-electron chi connectivity index (χ0n) is 18.5. The van der Waals surface area contributed by atoms with Crippen molar-refractivity contribution in [2.24, 2.45) is 0 Å². The highest BCUT2D eigenvalue weighted by Gasteiger charge is 2.26. The molecule has 0 unspecified atom stereocenters. The zero-order chi connectivity index (χ0) is 22.3. The number of H-pyrrole nitrogens is 1. The number of nitrogens with zero attached hydrogens (tertiary/aromatic N) is 3. The summed E-state index contributed by atoms with van der Waals surface area (Å²) < 4.78 is 0. The fourth-order valence-corrected chi connectivity index (χ4v) is 4.28. The Morgan fingerprint density at radius 2 is 1.69 bits per heavy atom. The Morgan fingerprint density at radius 1 is 1.03 bits per heavy atom. The van der Waals surface area contributed by atoms with Crippen molar-refractivity contribution in [2.75, 3.05) is 25.0 Å². The third-order valence-electron chi connectivity index (χ3n) is 6.25. The van der Waals surface area contributed by atoms with Crippen LogP contribution in [0.5, 0.6) is 0 Å². The molecule has 1 aliphatic rings. The number of amides is 2. The first-order valence-electron chi connectivity index (χ1n) is 11.3. The quantitative estimate of drug-likeness (QED) is 0.603. The fourth-order valence-electron chi connectivity index (χ4n) is 4.28. The molecule has 0 radical (unpaired) electrons. The van der Waals surface area contributed by atoms with E-state index in [-0.39, 0.29) is 11.8 Å². The Labute approximate surface area is 189 Å². The van der Waals surface area contributed by atoms with E-state index < -0.39 is 0 Å². The number of carbonyl (C=O) groups is 2. The lowest BCUT2D eigenvalue weighted by molar-refractivity contribution is -0.132. The van der Waals surface area contributed by atoms with Crippen molar-refractivity contribution < 1.29 is 9.59 Å². The molecule has 1 fully saturated rings. The summed E-state index contributed by atoms with van der Waals surface area (Å²) in [6, 6.07) is 21.7. The van der Waals surface area contributed by atoms with E-state index in [1.54, 1.807) is 11.9 Å². The molecule has 6 heteroatoms. The maximum absolute atomic E-state index is 12.8. The van der Waals surface area contributed by atoms with E-state index in [1.807, 2.05) is 59.5 Å². The summed E-state index contributed by atoms with van der Waals surface area (Å²) in [6.45, 7) is 1.50. The van der Waals surface area contributed by atoms with Crippen molar-refractivity contribution >= 4 is 17.5 Å². The molecule has 0 atom stereocenters. The summed E-state index contributed by atoms with van der Waals surface area (Å²) in [4.78, 5) is 29.0. The summed E-state index contributed by atoms with van der Waals surface area (Å²) in [7, 11) is 1.76. The first-order valence-corrected chi connectivity index (χ1v) is 11.3. The predicted octanol–water partition coefficient (Wildman–Crippen LogP) is 4.42. The Morgan fingerprint density at radius 3 is 2.38 bits per heavy atom. The van der Waals surface area contributed by atoms with Gasteiger partial charge >= 0.3 is 0 Å². The number of aryl methyl sites for hydroxylation is 1. The van der Waals surface area contributed by atoms with E-state index in [0.717, 1.165) is 50.2 Å². The Bertz CT molecular complexity index is 1020. The number of likely N-dealkylation sites (tertiary alicyclic amines) is 1. The first kappa shape index (κ1) is 21.8. The highest BCUT2D eigenvalue weighted by atomic mass is 16.2. The van der Waals surface area contributed by atoms with E-state index in [2.05, 4.69) is 22.3 Å². The van der Waals surface area contributed by atoms with Crippen LogP contribution >= 0.6 is 0 Å². The molecule has 2 amide bonds. The normalized spacial score (nSPS) is 14.3. The maximum atomic E-state index is 12.8. The maximum Gasteiger partial charge on any atom is 0.278 e. The van der Waals surface area contributed by atoms with Gasteiger partial charge in [0.1, 0.15) is 0 Å². The molecule has 166 valence electrons. The summed E-state index contributed by atoms with van der Waals surface area (Å²) in [5, 5.41) is 7.32. The number of hydrogen-bond donors (Lipinski definition) is 1. The molecule has 2 heterocycles. The minimum absolute atomic E-state index is 0.135. The third-order valence-corrected chi connectivity index (χ3v) is 6.25. The van der Waals surface area contributed by atoms with Gasteiger partial charge in [0.05, 0.1) is 0 Å². The lowest BCUT2D eigenvalue weighted by atomic mass is 9.93. The summed E-state index contributed by atoms with van der Waals surface area (Å²) in [6.07, 6.45) is 4.17. The van der Waals surface area contributed by atoms with Gasteiger partial charge in [-0.2, -0.15) is 5.10 Å². The van der Waals surface area contributed by atoms with E-state index in [1.165, 1.54) is 5.56 Å². The topological polar surface area (TPSA) is 69.3 Å². The highest BCUT2D eigenvalue weighted by Crippen LogP contribution is 2.28. The molecule has 0 aliphatic carbocycles. The predicted molar refractivity (Wildman–Crippen MR) is 126 cm³/mol. The number of para-hydroxylation sites is 1. The van der Waals surface area contributed by atoms with Crippen LogP contribution < -0.4 is 4.90 Å². The van der Waals surface area contributed by atoms with E-state index in [4.69, 9.17) is 0 Å². The minimum Gasteiger partial charge on any atom is -0.343 e. The van der Waals surface area contributed by atoms with Crippen LogP contribution in [-0.2, 0) is 11.2 Å². The summed E-state index contributed by atoms with van der Waals surface area (Å²) in [5.74, 6) is 0.397. The second-order valence-electron chi connectivity index (χ2n) is 8.40. The van der Waals surface area contributed by atoms with Crippen molar-refractivity contribution in [1.82, 2.24) is 15.1 Å². The molecule has 0 saturated carbocycles. The molecule has 6 nitrogen and oxygen atoms in total. The number of anilines is 1. The molecule has 1 aliphatic heterocycles. The van der Waals surface area contributed by atoms with Gasteiger partial charge in [-0.15, -0.1) is 0 Å². The van der Waals surface area contributed by atoms with Crippen molar-refractivity contribution in [3.05, 3.63) is 83.7 Å². The fraction of sp³-hybridized carbons (Fsp3) is 0.346. The molecule has 32 heavy (non-hydrogen) atoms. The number of piperidine rings is 1. The molecule has 3 aromatic rings. The Kier molecular flexibility index (Phi) is 7.00. The number of aromatic amines is 1. The van der Waals surface area contributed by atoms with E-state index >= 15 is 0 Å². The molecule has 1 saturated heterocycles. The van der Waals surface area contributed by atoms with Crippen LogP contribution in [0.2, 0.25) is 0 Å². The van der Waals surface area contributed by atoms with E-state index in [0.29, 0.717) is 18.0 Å². The third kappa shape index (κ3) is 5.25. The van der Waals surface area contributed by atoms with Gasteiger partial charge in [0.2, 0.25) is 5.91 Å². The highest BCUT2D eigenvalue weighted by molar-refractivity contribution is 6.04. The van der Waals surface area contributed by atoms with Gasteiger partial charge < -0.3 is 9.80 Å². The SMILES string of the molecule is CN(C(=O)c1cc(C2CCN(C(=O)CCCc3ccccc3)CC2)[nH]n1)c1ccccc1. The van der Waals surface area contributed by atoms with Gasteiger partial charge in [-0.1, -0.05) is 48.5 Å². The Balaban J connectivity index is 1.26. The number of aromatic nitrogens is 2. The number of hydrogen-bond acceptors (Lipinski definition) is 3. The van der Waals surface area contributed by atoms with Gasteiger partial charge in [-0.3, -0.25) is 14.7 Å². The molecule has 4 rings (SSSR count). The van der Waals surface area contributed by atoms with Crippen molar-refractivity contribution in [3.8, 4) is 0 Å². The summed E-state index contributed by atoms with van der Waals surface area (Å²) >= 11 is 0. The van der Waals surface area contributed by atoms with Crippen LogP contribution in [-0.4, -0.2) is 47.0 Å². The van der Waals surface area contributed by atoms with Crippen LogP contribution in [0.4, 0.5) is 5.69 Å². The molecule has 0 spiro atoms. The van der Waals surface area contributed by atoms with Crippen molar-refractivity contribution in [2.45, 2.75) is 38.0 Å². The summed E-state index contributed by atoms with van der Waals surface area (Å²) in [5.41, 5.74) is 3.51. The average Bonchev–Trinajstić information content (AvgIpc) is 3.35. The first-order chi connectivity index (χ1) is 15.6. The largest absolute Gasteiger partial charge is 0.343 e. The van der Waals surface area contributed by atoms with Gasteiger partial charge in [-0.25, -0.2) is 0 Å². The average molecular weight is 431 g/mol. The van der Waals surface area contributed by atoms with Crippen molar-refractivity contribution in [3.63, 3.8) is 0 Å². The lowest BCUT2D eigenvalue weighted by Gasteiger charge is -2.31. The molecule has 1 aromatic heterocycles. The van der Waals surface area contributed by atoms with Crippen LogP contribution in [0.3, 0.4) is 0 Å². The van der Waals surface area contributed by atoms with Gasteiger partial charge in [0.15, 0.2) is 5.69 Å². The van der Waals surface area contributed by atoms with Crippen LogP contribution in [0.25, 0.3) is 0 Å². The lowest BCUT2D eigenvalue weighted by Crippen LogP contribution is -2.37. The van der Waals surface area contributed by atoms with Gasteiger partial charge in [-0.05, 0) is 49.4 Å². The van der Waals surface area contributed by atoms with Crippen LogP contribution in [0.1, 0.15) is 53.3 Å². The zero-order valence-corrected chi connectivity index (χ0v) is 18.5. The second kappa shape index (κ2) is 10.3. The molecular weight excluding hydrogens is 400 g/mol. The molecule has 0 bridgehead atoms. The molecule has 1 N–H and O–H groups in total. The Hall–Kier alpha value is -3.41. The van der Waals surface area contributed by atoms with E-state index in [9.17, 15) is 9.59 Å². The monoisotopic (exact) mass is 430 g/mol. The van der Waals surface area contributed by atoms with Crippen LogP contribution in [0, 0.1) is 0 Å². The number of carbonyl (C=O) groups excluding carboxylic acids is 2. The number of rotatable bonds is 7. The smallest absolute Gasteiger partial charge is 0.278 e. The molecule has 2 aromatic carbocycles. The number of benzene rings is 2. The second-order valence-corrected chi connectivity index (χ2v) is 8.40. The minimum atomic E-state index is -0.135. The van der Waals surface area contributed by atoms with Crippen LogP contribution in [0.15, 0.2) is 66.7 Å². The standard InChI is InChI=1S/C26H30N4O2/c1-29(22-12-6-3-7-13-22)26(32)24-19-23(27-28-24)21-15-17-30(18-16-21)25(31)14-8-11-20-9-4-2-5-10-20/h2-7,9-10,12-13,19,21H,8,11,14-18H2,1H3,(H,27,28).